The van der Waals surface area contributed by atoms with Gasteiger partial charge in [0, 0.05) is 23.0 Å². The van der Waals surface area contributed by atoms with Crippen molar-refractivity contribution >= 4 is 10.9 Å². The molecule has 1 heterocycles. The lowest BCUT2D eigenvalue weighted by Gasteiger charge is -2.20. The second kappa shape index (κ2) is 3.92. The fraction of sp³-hybridized carbons (Fsp3) is 0.400. The van der Waals surface area contributed by atoms with Gasteiger partial charge in [-0.1, -0.05) is 11.6 Å². The Morgan fingerprint density at radius 1 is 1.47 bits per heavy atom. The molecule has 0 aliphatic heterocycles. The average molecular weight is 224 g/mol. The van der Waals surface area contributed by atoms with Crippen molar-refractivity contribution in [3.8, 4) is 6.07 Å². The van der Waals surface area contributed by atoms with E-state index in [2.05, 4.69) is 36.2 Å². The zero-order valence-corrected chi connectivity index (χ0v) is 10.1. The topological polar surface area (TPSA) is 39.6 Å². The van der Waals surface area contributed by atoms with Crippen LogP contribution in [-0.4, -0.2) is 4.98 Å². The molecule has 0 radical (unpaired) electrons. The maximum Gasteiger partial charge on any atom is 0.0628 e. The summed E-state index contributed by atoms with van der Waals surface area (Å²) in [5, 5.41) is 10.3. The zero-order chi connectivity index (χ0) is 11.8. The summed E-state index contributed by atoms with van der Waals surface area (Å²) in [5.41, 5.74) is 5.29. The molecule has 1 aromatic heterocycles. The molecule has 0 amide bonds. The second-order valence-electron chi connectivity index (χ2n) is 5.02. The van der Waals surface area contributed by atoms with Crippen molar-refractivity contribution < 1.29 is 0 Å². The van der Waals surface area contributed by atoms with Gasteiger partial charge in [0.2, 0.25) is 0 Å². The number of benzene rings is 1. The molecule has 0 saturated carbocycles. The van der Waals surface area contributed by atoms with Crippen LogP contribution in [0.2, 0.25) is 0 Å². The highest BCUT2D eigenvalue weighted by Crippen LogP contribution is 2.38. The van der Waals surface area contributed by atoms with E-state index in [0.717, 1.165) is 12.8 Å². The first kappa shape index (κ1) is 10.4. The van der Waals surface area contributed by atoms with Crippen LogP contribution < -0.4 is 0 Å². The zero-order valence-electron chi connectivity index (χ0n) is 10.1. The van der Waals surface area contributed by atoms with E-state index in [4.69, 9.17) is 5.26 Å². The summed E-state index contributed by atoms with van der Waals surface area (Å²) in [6.45, 7) is 2.13. The molecule has 2 heteroatoms. The van der Waals surface area contributed by atoms with Crippen molar-refractivity contribution in [3.63, 3.8) is 0 Å². The van der Waals surface area contributed by atoms with Crippen molar-refractivity contribution in [1.82, 2.24) is 4.98 Å². The molecule has 1 aromatic carbocycles. The maximum absolute atomic E-state index is 8.95. The van der Waals surface area contributed by atoms with Gasteiger partial charge in [0.1, 0.15) is 0 Å². The smallest absolute Gasteiger partial charge is 0.0628 e. The van der Waals surface area contributed by atoms with Crippen LogP contribution in [0, 0.1) is 18.3 Å². The number of hydrogen-bond donors (Lipinski definition) is 1. The molecule has 1 atom stereocenters. The fourth-order valence-corrected chi connectivity index (χ4v) is 3.03. The van der Waals surface area contributed by atoms with Gasteiger partial charge in [0.05, 0.1) is 6.07 Å². The molecule has 3 rings (SSSR count). The lowest BCUT2D eigenvalue weighted by molar-refractivity contribution is 0.561. The van der Waals surface area contributed by atoms with Gasteiger partial charge in [0.15, 0.2) is 0 Å². The van der Waals surface area contributed by atoms with Crippen LogP contribution in [0.1, 0.15) is 42.0 Å². The average Bonchev–Trinajstić information content (AvgIpc) is 2.68. The maximum atomic E-state index is 8.95. The minimum atomic E-state index is 0.430. The van der Waals surface area contributed by atoms with Gasteiger partial charge in [-0.2, -0.15) is 5.26 Å². The molecule has 86 valence electrons. The van der Waals surface area contributed by atoms with E-state index in [9.17, 15) is 0 Å². The molecule has 1 N–H and O–H groups in total. The van der Waals surface area contributed by atoms with E-state index in [1.165, 1.54) is 34.1 Å². The summed E-state index contributed by atoms with van der Waals surface area (Å²) >= 11 is 0. The number of rotatable bonds is 1. The number of aromatic amines is 1. The highest BCUT2D eigenvalue weighted by molar-refractivity contribution is 5.86. The Bertz CT molecular complexity index is 601. The predicted molar refractivity (Wildman–Crippen MR) is 68.9 cm³/mol. The van der Waals surface area contributed by atoms with E-state index in [1.54, 1.807) is 0 Å². The molecule has 2 aromatic rings. The number of nitrogens with zero attached hydrogens (tertiary/aromatic N) is 1. The van der Waals surface area contributed by atoms with Crippen molar-refractivity contribution in [2.24, 2.45) is 0 Å². The molecule has 1 unspecified atom stereocenters. The van der Waals surface area contributed by atoms with Crippen LogP contribution in [0.15, 0.2) is 18.2 Å². The number of aryl methyl sites for hydroxylation is 2. The molecule has 17 heavy (non-hydrogen) atoms. The van der Waals surface area contributed by atoms with Gasteiger partial charge >= 0.3 is 0 Å². The van der Waals surface area contributed by atoms with E-state index >= 15 is 0 Å². The molecule has 0 spiro atoms. The lowest BCUT2D eigenvalue weighted by atomic mass is 9.83. The molecule has 1 aliphatic carbocycles. The van der Waals surface area contributed by atoms with Crippen LogP contribution in [0.4, 0.5) is 0 Å². The largest absolute Gasteiger partial charge is 0.358 e. The third kappa shape index (κ3) is 1.63. The van der Waals surface area contributed by atoms with Crippen molar-refractivity contribution in [3.05, 3.63) is 35.0 Å². The van der Waals surface area contributed by atoms with Gasteiger partial charge in [-0.05, 0) is 49.8 Å². The molecular weight excluding hydrogens is 208 g/mol. The van der Waals surface area contributed by atoms with Crippen LogP contribution in [0.3, 0.4) is 0 Å². The number of H-pyrrole nitrogens is 1. The summed E-state index contributed by atoms with van der Waals surface area (Å²) in [7, 11) is 0. The molecule has 2 nitrogen and oxygen atoms in total. The standard InChI is InChI=1S/C15H16N2/c1-10-5-6-13-12(9-10)15-11(7-8-16)3-2-4-14(15)17-13/h5-6,9,11,17H,2-4,7H2,1H3. The Morgan fingerprint density at radius 2 is 2.35 bits per heavy atom. The normalized spacial score (nSPS) is 18.9. The molecule has 0 saturated heterocycles. The van der Waals surface area contributed by atoms with Gasteiger partial charge in [-0.25, -0.2) is 0 Å². The van der Waals surface area contributed by atoms with Crippen LogP contribution in [-0.2, 0) is 6.42 Å². The Kier molecular flexibility index (Phi) is 2.40. The minimum Gasteiger partial charge on any atom is -0.358 e. The molecular formula is C15H16N2. The number of aromatic nitrogens is 1. The highest BCUT2D eigenvalue weighted by atomic mass is 14.7. The number of nitriles is 1. The minimum absolute atomic E-state index is 0.430. The Balaban J connectivity index is 2.22. The Hall–Kier alpha value is -1.75. The number of fused-ring (bicyclic) bond motifs is 3. The van der Waals surface area contributed by atoms with E-state index in [-0.39, 0.29) is 0 Å². The first-order valence-electron chi connectivity index (χ1n) is 6.27. The summed E-state index contributed by atoms with van der Waals surface area (Å²) in [6, 6.07) is 8.89. The van der Waals surface area contributed by atoms with Gasteiger partial charge in [-0.15, -0.1) is 0 Å². The monoisotopic (exact) mass is 224 g/mol. The molecule has 0 fully saturated rings. The number of hydrogen-bond acceptors (Lipinski definition) is 1. The van der Waals surface area contributed by atoms with Crippen molar-refractivity contribution in [2.75, 3.05) is 0 Å². The third-order valence-corrected chi connectivity index (χ3v) is 3.80. The third-order valence-electron chi connectivity index (χ3n) is 3.80. The first-order chi connectivity index (χ1) is 8.29. The van der Waals surface area contributed by atoms with E-state index < -0.39 is 0 Å². The summed E-state index contributed by atoms with van der Waals surface area (Å²) in [4.78, 5) is 3.52. The second-order valence-corrected chi connectivity index (χ2v) is 5.02. The Morgan fingerprint density at radius 3 is 3.18 bits per heavy atom. The van der Waals surface area contributed by atoms with Crippen LogP contribution >= 0.6 is 0 Å². The first-order valence-corrected chi connectivity index (χ1v) is 6.27. The number of nitrogens with one attached hydrogen (secondary N) is 1. The lowest BCUT2D eigenvalue weighted by Crippen LogP contribution is -2.08. The van der Waals surface area contributed by atoms with Gasteiger partial charge in [0.25, 0.3) is 0 Å². The van der Waals surface area contributed by atoms with E-state index in [1.807, 2.05) is 0 Å². The van der Waals surface area contributed by atoms with Crippen molar-refractivity contribution in [2.45, 2.75) is 38.5 Å². The molecule has 1 aliphatic rings. The summed E-state index contributed by atoms with van der Waals surface area (Å²) in [6.07, 6.45) is 4.13. The van der Waals surface area contributed by atoms with Gasteiger partial charge < -0.3 is 4.98 Å². The highest BCUT2D eigenvalue weighted by Gasteiger charge is 2.24. The van der Waals surface area contributed by atoms with Crippen molar-refractivity contribution in [1.29, 1.82) is 5.26 Å². The SMILES string of the molecule is Cc1ccc2[nH]c3c(c2c1)C(CC#N)CCC3. The molecule has 0 bridgehead atoms. The summed E-state index contributed by atoms with van der Waals surface area (Å²) < 4.78 is 0. The van der Waals surface area contributed by atoms with Gasteiger partial charge in [-0.3, -0.25) is 0 Å². The van der Waals surface area contributed by atoms with Crippen LogP contribution in [0.25, 0.3) is 10.9 Å². The quantitative estimate of drug-likeness (QED) is 0.786. The van der Waals surface area contributed by atoms with E-state index in [0.29, 0.717) is 12.3 Å². The summed E-state index contributed by atoms with van der Waals surface area (Å²) in [5.74, 6) is 0.430. The Labute approximate surface area is 101 Å². The predicted octanol–water partition coefficient (Wildman–Crippen LogP) is 3.81. The van der Waals surface area contributed by atoms with Crippen LogP contribution in [0.5, 0.6) is 0 Å². The fourth-order valence-electron chi connectivity index (χ4n) is 3.03.